The van der Waals surface area contributed by atoms with Crippen molar-refractivity contribution >= 4 is 17.6 Å². The predicted octanol–water partition coefficient (Wildman–Crippen LogP) is 2.56. The lowest BCUT2D eigenvalue weighted by Crippen LogP contribution is -2.42. The van der Waals surface area contributed by atoms with Crippen LogP contribution in [0.1, 0.15) is 30.6 Å². The molecule has 1 aliphatic rings. The van der Waals surface area contributed by atoms with Crippen LogP contribution in [0.5, 0.6) is 0 Å². The quantitative estimate of drug-likeness (QED) is 0.771. The third-order valence-corrected chi connectivity index (χ3v) is 4.50. The van der Waals surface area contributed by atoms with Gasteiger partial charge in [0.05, 0.1) is 12.6 Å². The summed E-state index contributed by atoms with van der Waals surface area (Å²) >= 11 is 0. The molecule has 144 valence electrons. The zero-order valence-corrected chi connectivity index (χ0v) is 15.5. The Kier molecular flexibility index (Phi) is 6.59. The van der Waals surface area contributed by atoms with Gasteiger partial charge in [0, 0.05) is 25.6 Å². The number of anilines is 1. The van der Waals surface area contributed by atoms with E-state index in [2.05, 4.69) is 10.5 Å². The molecular weight excluding hydrogens is 346 g/mol. The van der Waals surface area contributed by atoms with Crippen molar-refractivity contribution < 1.29 is 18.8 Å². The summed E-state index contributed by atoms with van der Waals surface area (Å²) in [5.74, 6) is 0.613. The second kappa shape index (κ2) is 9.32. The van der Waals surface area contributed by atoms with Crippen LogP contribution in [0.3, 0.4) is 0 Å². The lowest BCUT2D eigenvalue weighted by Gasteiger charge is -2.25. The third kappa shape index (κ3) is 5.92. The largest absolute Gasteiger partial charge is 0.376 e. The Labute approximate surface area is 158 Å². The van der Waals surface area contributed by atoms with Crippen molar-refractivity contribution in [3.63, 3.8) is 0 Å². The molecule has 27 heavy (non-hydrogen) atoms. The predicted molar refractivity (Wildman–Crippen MR) is 100 cm³/mol. The minimum Gasteiger partial charge on any atom is -0.376 e. The smallest absolute Gasteiger partial charge is 0.245 e. The first-order valence-corrected chi connectivity index (χ1v) is 9.26. The van der Waals surface area contributed by atoms with Crippen LogP contribution >= 0.6 is 0 Å². The average molecular weight is 371 g/mol. The van der Waals surface area contributed by atoms with Gasteiger partial charge in [0.15, 0.2) is 5.82 Å². The maximum atomic E-state index is 12.8. The highest BCUT2D eigenvalue weighted by molar-refractivity contribution is 5.93. The fourth-order valence-corrected chi connectivity index (χ4v) is 3.12. The summed E-state index contributed by atoms with van der Waals surface area (Å²) in [5.41, 5.74) is 1.10. The molecule has 0 bridgehead atoms. The fourth-order valence-electron chi connectivity index (χ4n) is 3.12. The molecule has 7 heteroatoms. The molecular formula is C20H25N3O4. The number of nitrogens with one attached hydrogen (secondary N) is 1. The number of ether oxygens (including phenoxy) is 1. The van der Waals surface area contributed by atoms with Crippen molar-refractivity contribution in [3.8, 4) is 0 Å². The van der Waals surface area contributed by atoms with E-state index in [1.54, 1.807) is 17.9 Å². The monoisotopic (exact) mass is 371 g/mol. The molecule has 7 nitrogen and oxygen atoms in total. The van der Waals surface area contributed by atoms with Crippen molar-refractivity contribution in [2.45, 2.75) is 38.7 Å². The average Bonchev–Trinajstić information content (AvgIpc) is 3.31. The molecule has 1 N–H and O–H groups in total. The lowest BCUT2D eigenvalue weighted by atomic mass is 10.1. The number of aromatic nitrogens is 1. The van der Waals surface area contributed by atoms with Crippen LogP contribution in [-0.2, 0) is 20.7 Å². The zero-order valence-electron chi connectivity index (χ0n) is 15.5. The first-order chi connectivity index (χ1) is 13.1. The Balaban J connectivity index is 1.58. The molecule has 0 aliphatic carbocycles. The Morgan fingerprint density at radius 3 is 2.78 bits per heavy atom. The van der Waals surface area contributed by atoms with Crippen LogP contribution in [-0.4, -0.2) is 47.7 Å². The van der Waals surface area contributed by atoms with Gasteiger partial charge in [-0.2, -0.15) is 0 Å². The van der Waals surface area contributed by atoms with Gasteiger partial charge in [-0.15, -0.1) is 0 Å². The molecule has 1 fully saturated rings. The molecule has 3 rings (SSSR count). The summed E-state index contributed by atoms with van der Waals surface area (Å²) in [6.07, 6.45) is 2.89. The molecule has 1 atom stereocenters. The first kappa shape index (κ1) is 19.1. The van der Waals surface area contributed by atoms with Crippen molar-refractivity contribution in [2.75, 3.05) is 25.0 Å². The first-order valence-electron chi connectivity index (χ1n) is 9.26. The van der Waals surface area contributed by atoms with Crippen LogP contribution in [0.4, 0.5) is 5.82 Å². The van der Waals surface area contributed by atoms with E-state index in [0.717, 1.165) is 18.4 Å². The molecule has 1 aromatic carbocycles. The van der Waals surface area contributed by atoms with Crippen LogP contribution in [0, 0.1) is 6.92 Å². The van der Waals surface area contributed by atoms with E-state index in [1.165, 1.54) is 0 Å². The van der Waals surface area contributed by atoms with Gasteiger partial charge in [-0.3, -0.25) is 9.59 Å². The second-order valence-corrected chi connectivity index (χ2v) is 6.77. The van der Waals surface area contributed by atoms with Gasteiger partial charge in [0.25, 0.3) is 0 Å². The molecule has 0 saturated carbocycles. The van der Waals surface area contributed by atoms with E-state index in [0.29, 0.717) is 37.6 Å². The molecule has 1 saturated heterocycles. The summed E-state index contributed by atoms with van der Waals surface area (Å²) < 4.78 is 10.6. The highest BCUT2D eigenvalue weighted by Crippen LogP contribution is 2.15. The summed E-state index contributed by atoms with van der Waals surface area (Å²) in [5, 5.41) is 6.42. The highest BCUT2D eigenvalue weighted by Gasteiger charge is 2.24. The van der Waals surface area contributed by atoms with E-state index >= 15 is 0 Å². The molecule has 1 aromatic heterocycles. The molecule has 2 amide bonds. The number of carbonyl (C=O) groups excluding carboxylic acids is 2. The van der Waals surface area contributed by atoms with Gasteiger partial charge in [-0.05, 0) is 31.7 Å². The normalized spacial score (nSPS) is 16.3. The van der Waals surface area contributed by atoms with E-state index in [1.807, 2.05) is 30.3 Å². The molecule has 2 heterocycles. The van der Waals surface area contributed by atoms with Gasteiger partial charge < -0.3 is 19.5 Å². The number of aryl methyl sites for hydroxylation is 2. The number of hydrogen-bond acceptors (Lipinski definition) is 5. The van der Waals surface area contributed by atoms with E-state index < -0.39 is 0 Å². The Hall–Kier alpha value is -2.67. The summed E-state index contributed by atoms with van der Waals surface area (Å²) in [7, 11) is 0. The van der Waals surface area contributed by atoms with E-state index in [9.17, 15) is 9.59 Å². The number of benzene rings is 1. The number of nitrogens with zero attached hydrogens (tertiary/aromatic N) is 2. The lowest BCUT2D eigenvalue weighted by molar-refractivity contribution is -0.136. The number of rotatable bonds is 8. The van der Waals surface area contributed by atoms with Crippen molar-refractivity contribution in [3.05, 3.63) is 47.7 Å². The van der Waals surface area contributed by atoms with Crippen LogP contribution < -0.4 is 5.32 Å². The minimum absolute atomic E-state index is 0.00669. The fraction of sp³-hybridized carbons (Fsp3) is 0.450. The maximum Gasteiger partial charge on any atom is 0.245 e. The Morgan fingerprint density at radius 2 is 2.11 bits per heavy atom. The maximum absolute atomic E-state index is 12.8. The molecule has 1 aliphatic heterocycles. The topological polar surface area (TPSA) is 84.7 Å². The molecule has 2 aromatic rings. The minimum atomic E-state index is -0.297. The summed E-state index contributed by atoms with van der Waals surface area (Å²) in [6, 6.07) is 11.5. The van der Waals surface area contributed by atoms with Gasteiger partial charge in [-0.1, -0.05) is 35.5 Å². The van der Waals surface area contributed by atoms with E-state index in [-0.39, 0.29) is 24.5 Å². The van der Waals surface area contributed by atoms with Crippen molar-refractivity contribution in [1.82, 2.24) is 10.1 Å². The summed E-state index contributed by atoms with van der Waals surface area (Å²) in [6.45, 7) is 2.86. The standard InChI is InChI=1S/C20H25N3O4/c1-15-12-18(22-27-15)21-19(24)14-23(13-17-8-5-11-26-17)20(25)10-9-16-6-3-2-4-7-16/h2-4,6-7,12,17H,5,8-11,13-14H2,1H3,(H,21,22,24). The Morgan fingerprint density at radius 1 is 1.30 bits per heavy atom. The van der Waals surface area contributed by atoms with Crippen molar-refractivity contribution in [1.29, 1.82) is 0 Å². The van der Waals surface area contributed by atoms with E-state index in [4.69, 9.17) is 9.26 Å². The number of carbonyl (C=O) groups is 2. The Bertz CT molecular complexity index is 754. The summed E-state index contributed by atoms with van der Waals surface area (Å²) in [4.78, 5) is 26.7. The van der Waals surface area contributed by atoms with Crippen LogP contribution in [0.2, 0.25) is 0 Å². The molecule has 0 radical (unpaired) electrons. The van der Waals surface area contributed by atoms with Gasteiger partial charge in [0.2, 0.25) is 11.8 Å². The van der Waals surface area contributed by atoms with Crippen molar-refractivity contribution in [2.24, 2.45) is 0 Å². The molecule has 1 unspecified atom stereocenters. The second-order valence-electron chi connectivity index (χ2n) is 6.77. The van der Waals surface area contributed by atoms with Gasteiger partial charge in [-0.25, -0.2) is 0 Å². The number of amides is 2. The number of hydrogen-bond donors (Lipinski definition) is 1. The zero-order chi connectivity index (χ0) is 19.1. The SMILES string of the molecule is Cc1cc(NC(=O)CN(CC2CCCO2)C(=O)CCc2ccccc2)no1. The van der Waals surface area contributed by atoms with Gasteiger partial charge in [0.1, 0.15) is 5.76 Å². The van der Waals surface area contributed by atoms with Crippen LogP contribution in [0.25, 0.3) is 0 Å². The highest BCUT2D eigenvalue weighted by atomic mass is 16.5. The third-order valence-electron chi connectivity index (χ3n) is 4.50. The molecule has 0 spiro atoms. The van der Waals surface area contributed by atoms with Crippen LogP contribution in [0.15, 0.2) is 40.9 Å². The van der Waals surface area contributed by atoms with Gasteiger partial charge >= 0.3 is 0 Å².